The van der Waals surface area contributed by atoms with E-state index in [9.17, 15) is 5.11 Å². The lowest BCUT2D eigenvalue weighted by Crippen LogP contribution is -2.44. The normalized spacial score (nSPS) is 34.6. The zero-order valence-electron chi connectivity index (χ0n) is 10.9. The number of ether oxygens (including phenoxy) is 1. The first-order valence-corrected chi connectivity index (χ1v) is 6.91. The molecule has 0 saturated carbocycles. The fourth-order valence-electron chi connectivity index (χ4n) is 3.42. The summed E-state index contributed by atoms with van der Waals surface area (Å²) in [6.45, 7) is 5.77. The first kappa shape index (κ1) is 12.0. The van der Waals surface area contributed by atoms with E-state index in [0.29, 0.717) is 12.5 Å². The minimum Gasteiger partial charge on any atom is -0.493 e. The molecule has 3 nitrogen and oxygen atoms in total. The van der Waals surface area contributed by atoms with Crippen molar-refractivity contribution in [3.63, 3.8) is 0 Å². The fraction of sp³-hybridized carbons (Fsp3) is 0.600. The summed E-state index contributed by atoms with van der Waals surface area (Å²) in [6, 6.07) is 7.97. The predicted molar refractivity (Wildman–Crippen MR) is 70.7 cm³/mol. The van der Waals surface area contributed by atoms with E-state index < -0.39 is 5.60 Å². The number of nitrogens with zero attached hydrogens (tertiary/aromatic N) is 1. The van der Waals surface area contributed by atoms with Gasteiger partial charge in [-0.15, -0.1) is 0 Å². The molecular formula is C15H21NO2. The van der Waals surface area contributed by atoms with Crippen molar-refractivity contribution in [2.24, 2.45) is 5.92 Å². The highest BCUT2D eigenvalue weighted by molar-refractivity contribution is 5.39. The number of fused-ring (bicyclic) bond motifs is 2. The topological polar surface area (TPSA) is 32.7 Å². The number of rotatable bonds is 3. The first-order chi connectivity index (χ1) is 8.74. The molecule has 0 spiro atoms. The van der Waals surface area contributed by atoms with Crippen molar-refractivity contribution in [3.05, 3.63) is 29.8 Å². The minimum absolute atomic E-state index is 0.354. The smallest absolute Gasteiger partial charge is 0.125 e. The number of para-hydroxylation sites is 1. The summed E-state index contributed by atoms with van der Waals surface area (Å²) >= 11 is 0. The molecule has 2 fully saturated rings. The van der Waals surface area contributed by atoms with Crippen LogP contribution in [0.2, 0.25) is 0 Å². The van der Waals surface area contributed by atoms with Crippen molar-refractivity contribution >= 4 is 0 Å². The second kappa shape index (κ2) is 4.56. The van der Waals surface area contributed by atoms with Crippen LogP contribution >= 0.6 is 0 Å². The molecule has 3 atom stereocenters. The number of piperidine rings is 1. The van der Waals surface area contributed by atoms with E-state index in [-0.39, 0.29) is 0 Å². The molecule has 1 N–H and O–H groups in total. The molecule has 0 radical (unpaired) electrons. The molecule has 18 heavy (non-hydrogen) atoms. The quantitative estimate of drug-likeness (QED) is 0.886. The minimum atomic E-state index is -0.696. The first-order valence-electron chi connectivity index (χ1n) is 6.91. The Labute approximate surface area is 108 Å². The highest BCUT2D eigenvalue weighted by Gasteiger charge is 2.47. The summed E-state index contributed by atoms with van der Waals surface area (Å²) in [4.78, 5) is 2.45. The van der Waals surface area contributed by atoms with E-state index >= 15 is 0 Å². The average molecular weight is 247 g/mol. The van der Waals surface area contributed by atoms with Crippen LogP contribution in [0.4, 0.5) is 0 Å². The van der Waals surface area contributed by atoms with Gasteiger partial charge < -0.3 is 14.7 Å². The molecule has 2 heterocycles. The van der Waals surface area contributed by atoms with Crippen LogP contribution in [0.15, 0.2) is 24.3 Å². The van der Waals surface area contributed by atoms with Gasteiger partial charge in [0.15, 0.2) is 0 Å². The van der Waals surface area contributed by atoms with Crippen LogP contribution in [0.1, 0.15) is 25.3 Å². The Morgan fingerprint density at radius 3 is 3.06 bits per heavy atom. The molecule has 2 aliphatic heterocycles. The standard InChI is InChI=1S/C15H21NO2/c1-2-18-14-6-4-3-5-13(14)15(17)8-10-16-9-7-12(15)11-16/h3-6,12,17H,2,7-11H2,1H3. The molecule has 1 aromatic carbocycles. The lowest BCUT2D eigenvalue weighted by atomic mass is 9.76. The Morgan fingerprint density at radius 2 is 2.22 bits per heavy atom. The molecule has 3 heteroatoms. The van der Waals surface area contributed by atoms with Crippen molar-refractivity contribution in [1.82, 2.24) is 4.90 Å². The summed E-state index contributed by atoms with van der Waals surface area (Å²) in [7, 11) is 0. The second-order valence-electron chi connectivity index (χ2n) is 5.39. The van der Waals surface area contributed by atoms with Gasteiger partial charge in [-0.05, 0) is 32.4 Å². The van der Waals surface area contributed by atoms with Gasteiger partial charge >= 0.3 is 0 Å². The number of hydrogen-bond donors (Lipinski definition) is 1. The SMILES string of the molecule is CCOc1ccccc1C1(O)CCN2CCC1C2. The van der Waals surface area contributed by atoms with Gasteiger partial charge in [-0.1, -0.05) is 18.2 Å². The van der Waals surface area contributed by atoms with Gasteiger partial charge in [-0.2, -0.15) is 0 Å². The second-order valence-corrected chi connectivity index (χ2v) is 5.39. The Hall–Kier alpha value is -1.06. The zero-order valence-corrected chi connectivity index (χ0v) is 10.9. The molecule has 2 saturated heterocycles. The van der Waals surface area contributed by atoms with Crippen molar-refractivity contribution in [1.29, 1.82) is 0 Å². The third-order valence-corrected chi connectivity index (χ3v) is 4.41. The predicted octanol–water partition coefficient (Wildman–Crippen LogP) is 2.00. The summed E-state index contributed by atoms with van der Waals surface area (Å²) in [5.41, 5.74) is 0.289. The molecular weight excluding hydrogens is 226 g/mol. The highest BCUT2D eigenvalue weighted by atomic mass is 16.5. The number of aliphatic hydroxyl groups is 1. The van der Waals surface area contributed by atoms with Gasteiger partial charge in [0.25, 0.3) is 0 Å². The maximum atomic E-state index is 11.1. The third kappa shape index (κ3) is 1.82. The number of benzene rings is 1. The van der Waals surface area contributed by atoms with Gasteiger partial charge in [0, 0.05) is 24.6 Å². The van der Waals surface area contributed by atoms with E-state index in [0.717, 1.165) is 43.8 Å². The van der Waals surface area contributed by atoms with Crippen LogP contribution in [0.3, 0.4) is 0 Å². The van der Waals surface area contributed by atoms with Crippen molar-refractivity contribution in [3.8, 4) is 5.75 Å². The molecule has 0 aliphatic carbocycles. The monoisotopic (exact) mass is 247 g/mol. The van der Waals surface area contributed by atoms with E-state index in [1.165, 1.54) is 0 Å². The Balaban J connectivity index is 1.97. The van der Waals surface area contributed by atoms with Gasteiger partial charge in [0.1, 0.15) is 5.75 Å². The number of hydrogen-bond acceptors (Lipinski definition) is 3. The van der Waals surface area contributed by atoms with Crippen molar-refractivity contribution in [2.45, 2.75) is 25.4 Å². The molecule has 2 bridgehead atoms. The van der Waals surface area contributed by atoms with Crippen LogP contribution in [0.25, 0.3) is 0 Å². The van der Waals surface area contributed by atoms with Gasteiger partial charge in [-0.25, -0.2) is 0 Å². The van der Waals surface area contributed by atoms with Crippen LogP contribution < -0.4 is 4.74 Å². The molecule has 3 rings (SSSR count). The Morgan fingerprint density at radius 1 is 1.39 bits per heavy atom. The van der Waals surface area contributed by atoms with Crippen LogP contribution in [0.5, 0.6) is 5.75 Å². The molecule has 2 aliphatic rings. The molecule has 0 amide bonds. The summed E-state index contributed by atoms with van der Waals surface area (Å²) in [5, 5.41) is 11.1. The maximum Gasteiger partial charge on any atom is 0.125 e. The average Bonchev–Trinajstić information content (AvgIpc) is 2.81. The summed E-state index contributed by atoms with van der Waals surface area (Å²) in [5.74, 6) is 1.20. The van der Waals surface area contributed by atoms with E-state index in [4.69, 9.17) is 4.74 Å². The Bertz CT molecular complexity index is 434. The molecule has 98 valence electrons. The maximum absolute atomic E-state index is 11.1. The third-order valence-electron chi connectivity index (χ3n) is 4.41. The van der Waals surface area contributed by atoms with Gasteiger partial charge in [0.05, 0.1) is 12.2 Å². The van der Waals surface area contributed by atoms with Gasteiger partial charge in [0.2, 0.25) is 0 Å². The van der Waals surface area contributed by atoms with Crippen LogP contribution in [-0.4, -0.2) is 36.2 Å². The highest BCUT2D eigenvalue weighted by Crippen LogP contribution is 2.45. The fourth-order valence-corrected chi connectivity index (χ4v) is 3.42. The lowest BCUT2D eigenvalue weighted by Gasteiger charge is -2.39. The zero-order chi connectivity index (χ0) is 12.6. The van der Waals surface area contributed by atoms with Crippen molar-refractivity contribution in [2.75, 3.05) is 26.2 Å². The van der Waals surface area contributed by atoms with E-state index in [2.05, 4.69) is 4.90 Å². The van der Waals surface area contributed by atoms with Crippen LogP contribution in [-0.2, 0) is 5.60 Å². The molecule has 1 aromatic rings. The summed E-state index contributed by atoms with van der Waals surface area (Å²) < 4.78 is 5.69. The largest absolute Gasteiger partial charge is 0.493 e. The summed E-state index contributed by atoms with van der Waals surface area (Å²) in [6.07, 6.45) is 1.92. The lowest BCUT2D eigenvalue weighted by molar-refractivity contribution is -0.0519. The van der Waals surface area contributed by atoms with E-state index in [1.54, 1.807) is 0 Å². The van der Waals surface area contributed by atoms with Gasteiger partial charge in [-0.3, -0.25) is 0 Å². The van der Waals surface area contributed by atoms with E-state index in [1.807, 2.05) is 31.2 Å². The van der Waals surface area contributed by atoms with Crippen LogP contribution in [0, 0.1) is 5.92 Å². The molecule has 3 unspecified atom stereocenters. The molecule has 0 aromatic heterocycles. The Kier molecular flexibility index (Phi) is 3.04. The van der Waals surface area contributed by atoms with Crippen molar-refractivity contribution < 1.29 is 9.84 Å².